The first kappa shape index (κ1) is 23.6. The largest absolute Gasteiger partial charge is 0.410 e. The van der Waals surface area contributed by atoms with Gasteiger partial charge in [0.15, 0.2) is 6.54 Å². The number of hydrogen-bond acceptors (Lipinski definition) is 5. The first-order chi connectivity index (χ1) is 18.0. The van der Waals surface area contributed by atoms with E-state index in [1.165, 1.54) is 0 Å². The second kappa shape index (κ2) is 9.25. The lowest BCUT2D eigenvalue weighted by Crippen LogP contribution is -2.67. The van der Waals surface area contributed by atoms with Crippen LogP contribution in [0.5, 0.6) is 0 Å². The van der Waals surface area contributed by atoms with Gasteiger partial charge in [0, 0.05) is 36.6 Å². The Morgan fingerprint density at radius 3 is 2.19 bits per heavy atom. The number of nitrogens with zero attached hydrogens (tertiary/aromatic N) is 2. The fraction of sp³-hybridized carbons (Fsp3) is 0.300. The van der Waals surface area contributed by atoms with Crippen molar-refractivity contribution in [2.75, 3.05) is 25.0 Å². The summed E-state index contributed by atoms with van der Waals surface area (Å²) in [5, 5.41) is 15.1. The van der Waals surface area contributed by atoms with E-state index >= 15 is 0 Å². The summed E-state index contributed by atoms with van der Waals surface area (Å²) < 4.78 is 6.62. The molecule has 0 radical (unpaired) electrons. The number of nitrogens with one attached hydrogen (secondary N) is 1. The summed E-state index contributed by atoms with van der Waals surface area (Å²) in [6.07, 6.45) is 7.63. The zero-order chi connectivity index (χ0) is 25.5. The predicted molar refractivity (Wildman–Crippen MR) is 140 cm³/mol. The molecule has 1 aliphatic carbocycles. The summed E-state index contributed by atoms with van der Waals surface area (Å²) in [7, 11) is 0. The Hall–Kier alpha value is -3.81. The van der Waals surface area contributed by atoms with Crippen LogP contribution >= 0.6 is 0 Å². The number of piperidine rings is 3. The maximum absolute atomic E-state index is 14.0. The highest BCUT2D eigenvalue weighted by atomic mass is 16.6. The Balaban J connectivity index is 1.31. The van der Waals surface area contributed by atoms with Crippen molar-refractivity contribution in [3.8, 4) is 0 Å². The molecule has 7 heteroatoms. The summed E-state index contributed by atoms with van der Waals surface area (Å²) in [5.74, 6) is 0.0886. The summed E-state index contributed by atoms with van der Waals surface area (Å²) in [6, 6.07) is 20.1. The van der Waals surface area contributed by atoms with Crippen molar-refractivity contribution >= 4 is 29.8 Å². The van der Waals surface area contributed by atoms with Gasteiger partial charge in [-0.05, 0) is 29.2 Å². The zero-order valence-electron chi connectivity index (χ0n) is 20.5. The fourth-order valence-electron chi connectivity index (χ4n) is 6.19. The van der Waals surface area contributed by atoms with Crippen molar-refractivity contribution in [2.45, 2.75) is 31.1 Å². The Morgan fingerprint density at radius 1 is 0.946 bits per heavy atom. The molecule has 2 aromatic carbocycles. The molecule has 2 bridgehead atoms. The number of ether oxygens (including phenoxy) is 1. The number of pyridine rings is 1. The minimum atomic E-state index is -1.96. The smallest absolute Gasteiger partial charge is 0.352 e. The van der Waals surface area contributed by atoms with Crippen LogP contribution < -0.4 is 5.32 Å². The first-order valence-corrected chi connectivity index (χ1v) is 12.9. The van der Waals surface area contributed by atoms with Gasteiger partial charge in [0.1, 0.15) is 5.82 Å². The summed E-state index contributed by atoms with van der Waals surface area (Å²) in [5.41, 5.74) is 0.562. The topological polar surface area (TPSA) is 88.5 Å². The van der Waals surface area contributed by atoms with Gasteiger partial charge in [-0.1, -0.05) is 66.7 Å². The van der Waals surface area contributed by atoms with Crippen molar-refractivity contribution in [1.29, 1.82) is 0 Å². The number of carbonyl (C=O) groups is 2. The number of carbonyl (C=O) groups excluding carboxylic acids is 2. The van der Waals surface area contributed by atoms with Crippen LogP contribution in [0, 0.1) is 5.92 Å². The number of rotatable bonds is 5. The number of anilines is 1. The molecule has 1 amide bonds. The molecule has 4 heterocycles. The second-order valence-corrected chi connectivity index (χ2v) is 10.3. The minimum Gasteiger partial charge on any atom is -0.410 e. The quantitative estimate of drug-likeness (QED) is 0.413. The van der Waals surface area contributed by atoms with Crippen LogP contribution in [0.25, 0.3) is 12.2 Å². The Labute approximate surface area is 216 Å². The van der Waals surface area contributed by atoms with E-state index in [4.69, 9.17) is 4.74 Å². The van der Waals surface area contributed by atoms with Crippen LogP contribution in [-0.2, 0) is 19.9 Å². The van der Waals surface area contributed by atoms with E-state index in [9.17, 15) is 14.7 Å². The summed E-state index contributed by atoms with van der Waals surface area (Å²) in [6.45, 7) is 1.70. The lowest BCUT2D eigenvalue weighted by molar-refractivity contribution is -0.977. The standard InChI is InChI=1S/C30H29N3O4/c34-27(32-26-11-5-6-16-31-26)20-33-17-14-21(15-18-33)19-28(33)37-29(35)30(36)24-9-3-1-7-22(24)12-13-23-8-2-4-10-25(23)30/h1-13,16,21,28,36H,14-15,17-20H2/p+1. The van der Waals surface area contributed by atoms with Gasteiger partial charge in [0.25, 0.3) is 5.91 Å². The molecular formula is C30H30N3O4+. The average Bonchev–Trinajstić information content (AvgIpc) is 3.05. The summed E-state index contributed by atoms with van der Waals surface area (Å²) in [4.78, 5) is 31.3. The van der Waals surface area contributed by atoms with Gasteiger partial charge < -0.3 is 15.2 Å². The van der Waals surface area contributed by atoms with Crippen molar-refractivity contribution in [3.05, 3.63) is 95.2 Å². The monoisotopic (exact) mass is 496 g/mol. The Bertz CT molecular complexity index is 1310. The van der Waals surface area contributed by atoms with Crippen molar-refractivity contribution in [2.24, 2.45) is 5.92 Å². The van der Waals surface area contributed by atoms with Crippen molar-refractivity contribution in [1.82, 2.24) is 4.98 Å². The average molecular weight is 497 g/mol. The molecule has 1 unspecified atom stereocenters. The SMILES string of the molecule is O=C(C[N+]12CCC(CC1)CC2OC(=O)C1(O)c2ccccc2C=Cc2ccccc21)Nc1ccccn1. The molecule has 3 fully saturated rings. The fourth-order valence-corrected chi connectivity index (χ4v) is 6.19. The maximum Gasteiger partial charge on any atom is 0.352 e. The number of quaternary nitrogens is 1. The molecule has 3 aromatic rings. The lowest BCUT2D eigenvalue weighted by atomic mass is 9.82. The highest BCUT2D eigenvalue weighted by Gasteiger charge is 2.53. The van der Waals surface area contributed by atoms with E-state index in [0.717, 1.165) is 37.1 Å². The highest BCUT2D eigenvalue weighted by Crippen LogP contribution is 2.43. The van der Waals surface area contributed by atoms with Crippen LogP contribution in [0.15, 0.2) is 72.9 Å². The number of esters is 1. The van der Waals surface area contributed by atoms with E-state index < -0.39 is 17.8 Å². The molecular weight excluding hydrogens is 466 g/mol. The van der Waals surface area contributed by atoms with E-state index in [0.29, 0.717) is 33.8 Å². The van der Waals surface area contributed by atoms with E-state index in [2.05, 4.69) is 10.3 Å². The second-order valence-electron chi connectivity index (χ2n) is 10.3. The zero-order valence-corrected chi connectivity index (χ0v) is 20.5. The highest BCUT2D eigenvalue weighted by molar-refractivity contribution is 5.92. The van der Waals surface area contributed by atoms with Gasteiger partial charge in [0.05, 0.1) is 13.1 Å². The third-order valence-electron chi connectivity index (χ3n) is 8.18. The molecule has 3 aliphatic heterocycles. The number of amides is 1. The number of aromatic nitrogens is 1. The van der Waals surface area contributed by atoms with Gasteiger partial charge in [0.2, 0.25) is 11.8 Å². The molecule has 7 rings (SSSR count). The number of aliphatic hydroxyl groups is 1. The Kier molecular flexibility index (Phi) is 5.89. The normalized spacial score (nSPS) is 24.9. The van der Waals surface area contributed by atoms with Crippen molar-refractivity contribution in [3.63, 3.8) is 0 Å². The molecule has 37 heavy (non-hydrogen) atoms. The maximum atomic E-state index is 14.0. The van der Waals surface area contributed by atoms with E-state index in [1.807, 2.05) is 54.6 Å². The van der Waals surface area contributed by atoms with Gasteiger partial charge >= 0.3 is 5.97 Å². The molecule has 3 saturated heterocycles. The third kappa shape index (κ3) is 4.14. The van der Waals surface area contributed by atoms with E-state index in [-0.39, 0.29) is 12.5 Å². The minimum absolute atomic E-state index is 0.159. The van der Waals surface area contributed by atoms with Gasteiger partial charge in [-0.3, -0.25) is 9.28 Å². The molecule has 2 N–H and O–H groups in total. The number of benzene rings is 2. The number of fused-ring (bicyclic) bond motifs is 5. The van der Waals surface area contributed by atoms with Gasteiger partial charge in [-0.15, -0.1) is 0 Å². The van der Waals surface area contributed by atoms with Crippen LogP contribution in [-0.4, -0.2) is 52.3 Å². The van der Waals surface area contributed by atoms with Gasteiger partial charge in [-0.2, -0.15) is 0 Å². The van der Waals surface area contributed by atoms with Crippen molar-refractivity contribution < 1.29 is 23.9 Å². The van der Waals surface area contributed by atoms with Crippen LogP contribution in [0.4, 0.5) is 5.82 Å². The molecule has 7 nitrogen and oxygen atoms in total. The Morgan fingerprint density at radius 2 is 1.57 bits per heavy atom. The van der Waals surface area contributed by atoms with Crippen LogP contribution in [0.2, 0.25) is 0 Å². The molecule has 1 aromatic heterocycles. The number of hydrogen-bond donors (Lipinski definition) is 2. The molecule has 0 spiro atoms. The summed E-state index contributed by atoms with van der Waals surface area (Å²) >= 11 is 0. The molecule has 0 saturated carbocycles. The van der Waals surface area contributed by atoms with Gasteiger partial charge in [-0.25, -0.2) is 9.78 Å². The van der Waals surface area contributed by atoms with Crippen LogP contribution in [0.1, 0.15) is 41.5 Å². The molecule has 4 aliphatic rings. The molecule has 1 atom stereocenters. The first-order valence-electron chi connectivity index (χ1n) is 12.9. The predicted octanol–water partition coefficient (Wildman–Crippen LogP) is 3.94. The third-order valence-corrected chi connectivity index (χ3v) is 8.18. The van der Waals surface area contributed by atoms with Crippen LogP contribution in [0.3, 0.4) is 0 Å². The molecule has 188 valence electrons. The lowest BCUT2D eigenvalue weighted by Gasteiger charge is -2.52. The van der Waals surface area contributed by atoms with E-state index in [1.54, 1.807) is 30.5 Å².